The number of aromatic nitrogens is 2. The number of rotatable bonds is 7. The van der Waals surface area contributed by atoms with Gasteiger partial charge in [-0.15, -0.1) is 11.3 Å². The molecule has 8 nitrogen and oxygen atoms in total. The lowest BCUT2D eigenvalue weighted by atomic mass is 10.0. The van der Waals surface area contributed by atoms with Crippen molar-refractivity contribution < 1.29 is 4.79 Å². The second kappa shape index (κ2) is 10.9. The molecule has 0 unspecified atom stereocenters. The first-order valence-electron chi connectivity index (χ1n) is 12.3. The average Bonchev–Trinajstić information content (AvgIpc) is 3.40. The first-order valence-corrected chi connectivity index (χ1v) is 13.1. The van der Waals surface area contributed by atoms with Crippen molar-refractivity contribution in [1.29, 1.82) is 5.26 Å². The second-order valence-electron chi connectivity index (χ2n) is 9.20. The van der Waals surface area contributed by atoms with Crippen LogP contribution in [0.1, 0.15) is 16.7 Å². The van der Waals surface area contributed by atoms with Crippen LogP contribution in [-0.2, 0) is 24.8 Å². The Bertz CT molecular complexity index is 1850. The SMILES string of the molecule is Cn1c(=O)c2c(-c3cccc(NC(=O)[C@H](N)Cc4ccccc4)c3)csc2n(Cc2ccccc2C#N)c1=O. The summed E-state index contributed by atoms with van der Waals surface area (Å²) in [6.07, 6.45) is 0.407. The Hall–Kier alpha value is -4.78. The molecular weight excluding hydrogens is 510 g/mol. The maximum absolute atomic E-state index is 13.3. The van der Waals surface area contributed by atoms with Crippen molar-refractivity contribution in [3.8, 4) is 17.2 Å². The summed E-state index contributed by atoms with van der Waals surface area (Å²) in [5.41, 5.74) is 9.34. The van der Waals surface area contributed by atoms with Crippen LogP contribution in [0, 0.1) is 11.3 Å². The molecule has 0 aliphatic carbocycles. The molecule has 2 heterocycles. The summed E-state index contributed by atoms with van der Waals surface area (Å²) >= 11 is 1.29. The van der Waals surface area contributed by atoms with Gasteiger partial charge in [0.2, 0.25) is 5.91 Å². The molecule has 0 saturated heterocycles. The number of amides is 1. The van der Waals surface area contributed by atoms with E-state index in [9.17, 15) is 19.6 Å². The van der Waals surface area contributed by atoms with Gasteiger partial charge in [0.05, 0.1) is 29.6 Å². The van der Waals surface area contributed by atoms with Crippen molar-refractivity contribution in [2.24, 2.45) is 12.8 Å². The highest BCUT2D eigenvalue weighted by Gasteiger charge is 2.19. The van der Waals surface area contributed by atoms with Gasteiger partial charge in [-0.2, -0.15) is 5.26 Å². The molecule has 0 saturated carbocycles. The second-order valence-corrected chi connectivity index (χ2v) is 10.1. The molecule has 3 N–H and O–H groups in total. The molecule has 1 atom stereocenters. The fourth-order valence-electron chi connectivity index (χ4n) is 4.53. The fourth-order valence-corrected chi connectivity index (χ4v) is 5.59. The van der Waals surface area contributed by atoms with Gasteiger partial charge < -0.3 is 11.1 Å². The lowest BCUT2D eigenvalue weighted by Gasteiger charge is -2.13. The zero-order valence-electron chi connectivity index (χ0n) is 21.1. The Morgan fingerprint density at radius 1 is 1.05 bits per heavy atom. The van der Waals surface area contributed by atoms with E-state index >= 15 is 0 Å². The number of hydrogen-bond acceptors (Lipinski definition) is 6. The minimum Gasteiger partial charge on any atom is -0.325 e. The summed E-state index contributed by atoms with van der Waals surface area (Å²) in [6, 6.07) is 25.3. The van der Waals surface area contributed by atoms with Crippen LogP contribution >= 0.6 is 11.3 Å². The number of anilines is 1. The minimum atomic E-state index is -0.726. The zero-order valence-corrected chi connectivity index (χ0v) is 21.9. The summed E-state index contributed by atoms with van der Waals surface area (Å²) in [7, 11) is 1.45. The van der Waals surface area contributed by atoms with E-state index in [1.165, 1.54) is 23.0 Å². The molecule has 0 fully saturated rings. The standard InChI is InChI=1S/C30H25N5O3S/c1-34-28(37)26-24(18-39-29(26)35(30(34)38)17-22-11-6-5-10-21(22)16-31)20-12-7-13-23(15-20)33-27(36)25(32)14-19-8-3-2-4-9-19/h2-13,15,18,25H,14,17,32H2,1H3,(H,33,36)/t25-/m1/s1. The normalized spacial score (nSPS) is 11.7. The Kier molecular flexibility index (Phi) is 7.23. The number of nitrogens with zero attached hydrogens (tertiary/aromatic N) is 3. The average molecular weight is 536 g/mol. The number of thiophene rings is 1. The van der Waals surface area contributed by atoms with E-state index in [4.69, 9.17) is 5.73 Å². The number of benzene rings is 3. The van der Waals surface area contributed by atoms with Crippen LogP contribution < -0.4 is 22.3 Å². The topological polar surface area (TPSA) is 123 Å². The van der Waals surface area contributed by atoms with Crippen molar-refractivity contribution in [2.75, 3.05) is 5.32 Å². The van der Waals surface area contributed by atoms with E-state index in [1.807, 2.05) is 47.8 Å². The van der Waals surface area contributed by atoms with Crippen molar-refractivity contribution in [3.05, 3.63) is 122 Å². The van der Waals surface area contributed by atoms with E-state index in [2.05, 4.69) is 11.4 Å². The Morgan fingerprint density at radius 3 is 2.56 bits per heavy atom. The quantitative estimate of drug-likeness (QED) is 0.328. The maximum Gasteiger partial charge on any atom is 0.332 e. The van der Waals surface area contributed by atoms with Crippen molar-refractivity contribution in [1.82, 2.24) is 9.13 Å². The van der Waals surface area contributed by atoms with Crippen LogP contribution in [-0.4, -0.2) is 21.1 Å². The van der Waals surface area contributed by atoms with Crippen molar-refractivity contribution in [2.45, 2.75) is 19.0 Å². The van der Waals surface area contributed by atoms with Gasteiger partial charge >= 0.3 is 5.69 Å². The number of nitrogens with two attached hydrogens (primary N) is 1. The van der Waals surface area contributed by atoms with Gasteiger partial charge in [0.25, 0.3) is 5.56 Å². The number of nitriles is 1. The molecule has 0 aliphatic heterocycles. The number of carbonyl (C=O) groups is 1. The summed E-state index contributed by atoms with van der Waals surface area (Å²) in [5, 5.41) is 14.6. The largest absolute Gasteiger partial charge is 0.332 e. The summed E-state index contributed by atoms with van der Waals surface area (Å²) in [5.74, 6) is -0.313. The van der Waals surface area contributed by atoms with Gasteiger partial charge in [-0.05, 0) is 41.3 Å². The van der Waals surface area contributed by atoms with Gasteiger partial charge in [0, 0.05) is 23.7 Å². The van der Waals surface area contributed by atoms with Crippen LogP contribution in [0.25, 0.3) is 21.3 Å². The molecule has 194 valence electrons. The number of nitrogens with one attached hydrogen (secondary N) is 1. The molecule has 5 rings (SSSR count). The molecule has 0 spiro atoms. The van der Waals surface area contributed by atoms with E-state index in [0.29, 0.717) is 39.0 Å². The van der Waals surface area contributed by atoms with Crippen LogP contribution in [0.4, 0.5) is 5.69 Å². The van der Waals surface area contributed by atoms with Gasteiger partial charge in [0.15, 0.2) is 0 Å². The molecule has 9 heteroatoms. The molecule has 5 aromatic rings. The summed E-state index contributed by atoms with van der Waals surface area (Å²) in [6.45, 7) is 0.155. The molecular formula is C30H25N5O3S. The Morgan fingerprint density at radius 2 is 1.79 bits per heavy atom. The van der Waals surface area contributed by atoms with Crippen LogP contribution in [0.15, 0.2) is 93.8 Å². The maximum atomic E-state index is 13.3. The molecule has 1 amide bonds. The minimum absolute atomic E-state index is 0.155. The van der Waals surface area contributed by atoms with E-state index in [-0.39, 0.29) is 12.5 Å². The first-order chi connectivity index (χ1) is 18.9. The Balaban J connectivity index is 1.49. The predicted octanol–water partition coefficient (Wildman–Crippen LogP) is 3.86. The van der Waals surface area contributed by atoms with E-state index in [1.54, 1.807) is 36.4 Å². The lowest BCUT2D eigenvalue weighted by molar-refractivity contribution is -0.117. The van der Waals surface area contributed by atoms with Crippen LogP contribution in [0.2, 0.25) is 0 Å². The van der Waals surface area contributed by atoms with Crippen LogP contribution in [0.5, 0.6) is 0 Å². The third kappa shape index (κ3) is 5.16. The van der Waals surface area contributed by atoms with E-state index in [0.717, 1.165) is 15.7 Å². The zero-order chi connectivity index (χ0) is 27.5. The third-order valence-corrected chi connectivity index (χ3v) is 7.60. The molecule has 0 radical (unpaired) electrons. The van der Waals surface area contributed by atoms with Crippen LogP contribution in [0.3, 0.4) is 0 Å². The molecule has 0 bridgehead atoms. The number of hydrogen-bond donors (Lipinski definition) is 2. The van der Waals surface area contributed by atoms with Crippen molar-refractivity contribution >= 4 is 33.1 Å². The van der Waals surface area contributed by atoms with Crippen molar-refractivity contribution in [3.63, 3.8) is 0 Å². The number of carbonyl (C=O) groups excluding carboxylic acids is 1. The predicted molar refractivity (Wildman–Crippen MR) is 154 cm³/mol. The highest BCUT2D eigenvalue weighted by molar-refractivity contribution is 7.17. The monoisotopic (exact) mass is 535 g/mol. The summed E-state index contributed by atoms with van der Waals surface area (Å²) in [4.78, 5) is 39.7. The van der Waals surface area contributed by atoms with Gasteiger partial charge in [-0.1, -0.05) is 60.7 Å². The molecule has 0 aliphatic rings. The van der Waals surface area contributed by atoms with E-state index < -0.39 is 17.3 Å². The lowest BCUT2D eigenvalue weighted by Crippen LogP contribution is -2.38. The highest BCUT2D eigenvalue weighted by Crippen LogP contribution is 2.33. The summed E-state index contributed by atoms with van der Waals surface area (Å²) < 4.78 is 2.61. The number of fused-ring (bicyclic) bond motifs is 1. The third-order valence-electron chi connectivity index (χ3n) is 6.60. The Labute approximate surface area is 228 Å². The molecule has 39 heavy (non-hydrogen) atoms. The molecule has 2 aromatic heterocycles. The molecule has 3 aromatic carbocycles. The van der Waals surface area contributed by atoms with Gasteiger partial charge in [0.1, 0.15) is 4.83 Å². The van der Waals surface area contributed by atoms with Gasteiger partial charge in [-0.3, -0.25) is 18.7 Å². The fraction of sp³-hybridized carbons (Fsp3) is 0.133. The highest BCUT2D eigenvalue weighted by atomic mass is 32.1. The van der Waals surface area contributed by atoms with Gasteiger partial charge in [-0.25, -0.2) is 4.79 Å². The first kappa shape index (κ1) is 25.9. The smallest absolute Gasteiger partial charge is 0.325 e.